The third-order valence-corrected chi connectivity index (χ3v) is 3.52. The number of ether oxygens (including phenoxy) is 2. The highest BCUT2D eigenvalue weighted by atomic mass is 16.7. The molecule has 0 saturated carbocycles. The summed E-state index contributed by atoms with van der Waals surface area (Å²) in [6.45, 7) is 3.67. The van der Waals surface area contributed by atoms with E-state index in [4.69, 9.17) is 14.7 Å². The van der Waals surface area contributed by atoms with Gasteiger partial charge in [-0.15, -0.1) is 0 Å². The first-order valence-corrected chi connectivity index (χ1v) is 7.07. The molecule has 0 aliphatic carbocycles. The molecule has 0 N–H and O–H groups in total. The zero-order valence-corrected chi connectivity index (χ0v) is 11.5. The van der Waals surface area contributed by atoms with E-state index in [-0.39, 0.29) is 6.29 Å². The van der Waals surface area contributed by atoms with Gasteiger partial charge < -0.3 is 9.47 Å². The summed E-state index contributed by atoms with van der Waals surface area (Å²) in [5.41, 5.74) is 1.48. The molecule has 1 saturated heterocycles. The lowest BCUT2D eigenvalue weighted by Gasteiger charge is -2.30. The van der Waals surface area contributed by atoms with Crippen LogP contribution in [0.15, 0.2) is 24.3 Å². The molecule has 0 spiro atoms. The average molecular weight is 259 g/mol. The lowest BCUT2D eigenvalue weighted by atomic mass is 10.0. The van der Waals surface area contributed by atoms with Gasteiger partial charge in [-0.2, -0.15) is 5.26 Å². The predicted octanol–water partition coefficient (Wildman–Crippen LogP) is 3.80. The van der Waals surface area contributed by atoms with Crippen molar-refractivity contribution in [3.8, 4) is 6.07 Å². The maximum Gasteiger partial charge on any atom is 0.185 e. The fourth-order valence-corrected chi connectivity index (χ4v) is 2.38. The van der Waals surface area contributed by atoms with Crippen molar-refractivity contribution in [3.63, 3.8) is 0 Å². The fourth-order valence-electron chi connectivity index (χ4n) is 2.38. The van der Waals surface area contributed by atoms with Gasteiger partial charge in [0.15, 0.2) is 6.29 Å². The summed E-state index contributed by atoms with van der Waals surface area (Å²) in [4.78, 5) is 0. The molecule has 19 heavy (non-hydrogen) atoms. The molecule has 0 aromatic heterocycles. The van der Waals surface area contributed by atoms with Crippen molar-refractivity contribution in [2.24, 2.45) is 5.92 Å². The monoisotopic (exact) mass is 259 g/mol. The Morgan fingerprint density at radius 3 is 2.63 bits per heavy atom. The average Bonchev–Trinajstić information content (AvgIpc) is 2.48. The van der Waals surface area contributed by atoms with Gasteiger partial charge in [-0.25, -0.2) is 0 Å². The van der Waals surface area contributed by atoms with Gasteiger partial charge in [0.25, 0.3) is 0 Å². The van der Waals surface area contributed by atoms with E-state index >= 15 is 0 Å². The summed E-state index contributed by atoms with van der Waals surface area (Å²) >= 11 is 0. The van der Waals surface area contributed by atoms with E-state index < -0.39 is 0 Å². The van der Waals surface area contributed by atoms with Crippen LogP contribution in [-0.2, 0) is 9.47 Å². The summed E-state index contributed by atoms with van der Waals surface area (Å²) < 4.78 is 11.6. The van der Waals surface area contributed by atoms with Crippen molar-refractivity contribution in [1.82, 2.24) is 0 Å². The second kappa shape index (κ2) is 7.28. The molecule has 2 rings (SSSR count). The number of unbranched alkanes of at least 4 members (excludes halogenated alkanes) is 2. The summed E-state index contributed by atoms with van der Waals surface area (Å²) in [5.74, 6) is 0.497. The topological polar surface area (TPSA) is 42.2 Å². The Morgan fingerprint density at radius 2 is 1.95 bits per heavy atom. The van der Waals surface area contributed by atoms with E-state index in [1.807, 2.05) is 18.2 Å². The van der Waals surface area contributed by atoms with Crippen LogP contribution in [0.3, 0.4) is 0 Å². The summed E-state index contributed by atoms with van der Waals surface area (Å²) in [5, 5.41) is 9.08. The van der Waals surface area contributed by atoms with Crippen molar-refractivity contribution < 1.29 is 9.47 Å². The van der Waals surface area contributed by atoms with Crippen LogP contribution < -0.4 is 0 Å². The molecule has 1 fully saturated rings. The second-order valence-corrected chi connectivity index (χ2v) is 5.06. The first-order valence-electron chi connectivity index (χ1n) is 7.07. The van der Waals surface area contributed by atoms with Gasteiger partial charge >= 0.3 is 0 Å². The van der Waals surface area contributed by atoms with Crippen LogP contribution in [0, 0.1) is 17.2 Å². The molecular formula is C16H21NO2. The third kappa shape index (κ3) is 3.79. The third-order valence-electron chi connectivity index (χ3n) is 3.52. The molecule has 102 valence electrons. The van der Waals surface area contributed by atoms with E-state index in [1.54, 1.807) is 6.07 Å². The minimum Gasteiger partial charge on any atom is -0.348 e. The fraction of sp³-hybridized carbons (Fsp3) is 0.562. The maximum absolute atomic E-state index is 9.08. The van der Waals surface area contributed by atoms with E-state index in [0.29, 0.717) is 11.5 Å². The van der Waals surface area contributed by atoms with Crippen LogP contribution >= 0.6 is 0 Å². The number of hydrogen-bond donors (Lipinski definition) is 0. The Hall–Kier alpha value is -1.37. The predicted molar refractivity (Wildman–Crippen MR) is 73.4 cm³/mol. The van der Waals surface area contributed by atoms with Crippen molar-refractivity contribution >= 4 is 0 Å². The number of benzene rings is 1. The van der Waals surface area contributed by atoms with Crippen molar-refractivity contribution in [1.29, 1.82) is 5.26 Å². The lowest BCUT2D eigenvalue weighted by Crippen LogP contribution is -2.27. The zero-order chi connectivity index (χ0) is 13.5. The molecule has 0 amide bonds. The van der Waals surface area contributed by atoms with Gasteiger partial charge in [0.1, 0.15) is 0 Å². The Kier molecular flexibility index (Phi) is 5.38. The van der Waals surface area contributed by atoms with Gasteiger partial charge in [-0.05, 0) is 12.5 Å². The molecule has 1 aromatic carbocycles. The second-order valence-electron chi connectivity index (χ2n) is 5.06. The summed E-state index contributed by atoms with van der Waals surface area (Å²) in [6.07, 6.45) is 4.55. The highest BCUT2D eigenvalue weighted by Gasteiger charge is 2.24. The molecule has 1 heterocycles. The van der Waals surface area contributed by atoms with Crippen LogP contribution in [0.1, 0.15) is 50.0 Å². The van der Waals surface area contributed by atoms with E-state index in [1.165, 1.54) is 25.7 Å². The standard InChI is InChI=1S/C16H21NO2/c1-2-3-4-7-13-11-18-16(19-12-13)15-9-6-5-8-14(15)10-17/h5-6,8-9,13,16H,2-4,7,11-12H2,1H3. The van der Waals surface area contributed by atoms with Crippen LogP contribution in [0.25, 0.3) is 0 Å². The minimum atomic E-state index is -0.377. The number of nitriles is 1. The van der Waals surface area contributed by atoms with Crippen molar-refractivity contribution in [2.45, 2.75) is 38.9 Å². The first-order chi connectivity index (χ1) is 9.35. The lowest BCUT2D eigenvalue weighted by molar-refractivity contribution is -0.206. The summed E-state index contributed by atoms with van der Waals surface area (Å²) in [6, 6.07) is 9.66. The Bertz CT molecular complexity index is 431. The molecule has 0 unspecified atom stereocenters. The normalized spacial score (nSPS) is 22.9. The number of hydrogen-bond acceptors (Lipinski definition) is 3. The maximum atomic E-state index is 9.08. The van der Waals surface area contributed by atoms with Crippen LogP contribution in [-0.4, -0.2) is 13.2 Å². The van der Waals surface area contributed by atoms with Crippen LogP contribution in [0.2, 0.25) is 0 Å². The molecule has 0 atom stereocenters. The van der Waals surface area contributed by atoms with Gasteiger partial charge in [0.05, 0.1) is 24.8 Å². The van der Waals surface area contributed by atoms with Gasteiger partial charge in [0, 0.05) is 11.5 Å². The van der Waals surface area contributed by atoms with Crippen LogP contribution in [0.4, 0.5) is 0 Å². The smallest absolute Gasteiger partial charge is 0.185 e. The van der Waals surface area contributed by atoms with Gasteiger partial charge in [-0.3, -0.25) is 0 Å². The molecule has 0 radical (unpaired) electrons. The molecule has 1 aromatic rings. The number of nitrogens with zero attached hydrogens (tertiary/aromatic N) is 1. The van der Waals surface area contributed by atoms with Gasteiger partial charge in [-0.1, -0.05) is 44.4 Å². The largest absolute Gasteiger partial charge is 0.348 e. The molecule has 3 heteroatoms. The van der Waals surface area contributed by atoms with Crippen LogP contribution in [0.5, 0.6) is 0 Å². The van der Waals surface area contributed by atoms with E-state index in [9.17, 15) is 0 Å². The molecular weight excluding hydrogens is 238 g/mol. The Balaban J connectivity index is 1.88. The number of rotatable bonds is 5. The highest BCUT2D eigenvalue weighted by molar-refractivity contribution is 5.38. The molecule has 1 aliphatic heterocycles. The van der Waals surface area contributed by atoms with E-state index in [0.717, 1.165) is 18.8 Å². The van der Waals surface area contributed by atoms with Crippen molar-refractivity contribution in [3.05, 3.63) is 35.4 Å². The van der Waals surface area contributed by atoms with Gasteiger partial charge in [0.2, 0.25) is 0 Å². The Morgan fingerprint density at radius 1 is 1.21 bits per heavy atom. The van der Waals surface area contributed by atoms with Crippen molar-refractivity contribution in [2.75, 3.05) is 13.2 Å². The minimum absolute atomic E-state index is 0.377. The summed E-state index contributed by atoms with van der Waals surface area (Å²) in [7, 11) is 0. The molecule has 3 nitrogen and oxygen atoms in total. The Labute approximate surface area is 115 Å². The quantitative estimate of drug-likeness (QED) is 0.755. The highest BCUT2D eigenvalue weighted by Crippen LogP contribution is 2.28. The zero-order valence-electron chi connectivity index (χ0n) is 11.5. The molecule has 1 aliphatic rings. The molecule has 0 bridgehead atoms. The first kappa shape index (κ1) is 14.0. The van der Waals surface area contributed by atoms with E-state index in [2.05, 4.69) is 13.0 Å². The SMILES string of the molecule is CCCCCC1COC(c2ccccc2C#N)OC1.